The molecular weight excluding hydrogens is 272 g/mol. The van der Waals surface area contributed by atoms with E-state index in [-0.39, 0.29) is 18.7 Å². The lowest BCUT2D eigenvalue weighted by molar-refractivity contribution is -0.137. The number of hydrogen-bond acceptors (Lipinski definition) is 4. The molecule has 6 nitrogen and oxygen atoms in total. The normalized spacial score (nSPS) is 10.8. The molecule has 0 saturated carbocycles. The number of hydrogen-bond donors (Lipinski definition) is 2. The maximum Gasteiger partial charge on any atom is 0.303 e. The van der Waals surface area contributed by atoms with E-state index >= 15 is 0 Å². The van der Waals surface area contributed by atoms with E-state index in [1.807, 2.05) is 26.0 Å². The third-order valence-corrected chi connectivity index (χ3v) is 3.38. The zero-order valence-electron chi connectivity index (χ0n) is 12.1. The van der Waals surface area contributed by atoms with E-state index in [1.54, 1.807) is 0 Å². The molecule has 1 aromatic carbocycles. The fraction of sp³-hybridized carbons (Fsp3) is 0.400. The van der Waals surface area contributed by atoms with E-state index in [2.05, 4.69) is 10.5 Å². The molecule has 1 amide bonds. The van der Waals surface area contributed by atoms with Gasteiger partial charge in [-0.05, 0) is 43.5 Å². The van der Waals surface area contributed by atoms with Gasteiger partial charge in [0.1, 0.15) is 5.69 Å². The number of nitrogens with one attached hydrogen (secondary N) is 1. The van der Waals surface area contributed by atoms with Crippen molar-refractivity contribution >= 4 is 22.8 Å². The first kappa shape index (κ1) is 15.0. The van der Waals surface area contributed by atoms with Crippen LogP contribution in [0.5, 0.6) is 0 Å². The van der Waals surface area contributed by atoms with Crippen molar-refractivity contribution in [3.63, 3.8) is 0 Å². The highest BCUT2D eigenvalue weighted by Crippen LogP contribution is 2.22. The van der Waals surface area contributed by atoms with Gasteiger partial charge in [0.05, 0.1) is 6.42 Å². The third kappa shape index (κ3) is 3.81. The van der Waals surface area contributed by atoms with Gasteiger partial charge in [0.25, 0.3) is 0 Å². The van der Waals surface area contributed by atoms with Crippen LogP contribution in [0, 0.1) is 13.8 Å². The lowest BCUT2D eigenvalue weighted by Gasteiger charge is -2.03. The molecule has 0 aliphatic carbocycles. The number of carbonyl (C=O) groups excluding carboxylic acids is 1. The van der Waals surface area contributed by atoms with Crippen molar-refractivity contribution in [2.45, 2.75) is 33.1 Å². The Balaban J connectivity index is 1.98. The van der Waals surface area contributed by atoms with Crippen molar-refractivity contribution in [1.82, 2.24) is 10.5 Å². The van der Waals surface area contributed by atoms with E-state index in [4.69, 9.17) is 9.63 Å². The zero-order valence-corrected chi connectivity index (χ0v) is 12.1. The van der Waals surface area contributed by atoms with Crippen LogP contribution in [0.4, 0.5) is 0 Å². The van der Waals surface area contributed by atoms with Crippen LogP contribution in [0.2, 0.25) is 0 Å². The Kier molecular flexibility index (Phi) is 4.57. The Morgan fingerprint density at radius 3 is 2.71 bits per heavy atom. The molecule has 1 heterocycles. The molecule has 112 valence electrons. The predicted molar refractivity (Wildman–Crippen MR) is 77.1 cm³/mol. The fourth-order valence-electron chi connectivity index (χ4n) is 2.05. The first-order chi connectivity index (χ1) is 9.97. The van der Waals surface area contributed by atoms with Crippen LogP contribution in [-0.2, 0) is 16.0 Å². The molecule has 0 aliphatic rings. The molecule has 0 saturated heterocycles. The second kappa shape index (κ2) is 6.39. The van der Waals surface area contributed by atoms with Gasteiger partial charge in [0.15, 0.2) is 5.58 Å². The van der Waals surface area contributed by atoms with Crippen molar-refractivity contribution in [2.75, 3.05) is 6.54 Å². The van der Waals surface area contributed by atoms with Gasteiger partial charge in [-0.25, -0.2) is 0 Å². The number of carbonyl (C=O) groups is 2. The molecule has 2 aromatic rings. The fourth-order valence-corrected chi connectivity index (χ4v) is 2.05. The van der Waals surface area contributed by atoms with Gasteiger partial charge in [-0.1, -0.05) is 5.16 Å². The van der Waals surface area contributed by atoms with Gasteiger partial charge in [-0.3, -0.25) is 9.59 Å². The summed E-state index contributed by atoms with van der Waals surface area (Å²) in [6.45, 7) is 4.34. The number of carboxylic acids is 1. The molecular formula is C15H18N2O4. The molecule has 0 radical (unpaired) electrons. The summed E-state index contributed by atoms with van der Waals surface area (Å²) in [5.74, 6) is -1.05. The molecule has 2 rings (SSSR count). The van der Waals surface area contributed by atoms with Crippen LogP contribution in [-0.4, -0.2) is 28.7 Å². The largest absolute Gasteiger partial charge is 0.481 e. The molecule has 0 aliphatic heterocycles. The summed E-state index contributed by atoms with van der Waals surface area (Å²) in [5, 5.41) is 16.0. The number of amides is 1. The van der Waals surface area contributed by atoms with Crippen LogP contribution >= 0.6 is 0 Å². The SMILES string of the molecule is Cc1cc2onc(CC(=O)NCCCC(=O)O)c2cc1C. The second-order valence-electron chi connectivity index (χ2n) is 5.09. The lowest BCUT2D eigenvalue weighted by atomic mass is 10.1. The molecule has 1 aromatic heterocycles. The summed E-state index contributed by atoms with van der Waals surface area (Å²) in [5.41, 5.74) is 3.51. The summed E-state index contributed by atoms with van der Waals surface area (Å²) >= 11 is 0. The minimum atomic E-state index is -0.863. The third-order valence-electron chi connectivity index (χ3n) is 3.38. The minimum absolute atomic E-state index is 0.0473. The lowest BCUT2D eigenvalue weighted by Crippen LogP contribution is -2.26. The molecule has 0 fully saturated rings. The molecule has 0 spiro atoms. The maximum absolute atomic E-state index is 11.8. The zero-order chi connectivity index (χ0) is 15.4. The smallest absolute Gasteiger partial charge is 0.303 e. The van der Waals surface area contributed by atoms with Crippen molar-refractivity contribution < 1.29 is 19.2 Å². The average molecular weight is 290 g/mol. The van der Waals surface area contributed by atoms with Crippen LogP contribution in [0.25, 0.3) is 11.0 Å². The Morgan fingerprint density at radius 1 is 1.29 bits per heavy atom. The second-order valence-corrected chi connectivity index (χ2v) is 5.09. The highest BCUT2D eigenvalue weighted by molar-refractivity contribution is 5.87. The van der Waals surface area contributed by atoms with Crippen LogP contribution < -0.4 is 5.32 Å². The summed E-state index contributed by atoms with van der Waals surface area (Å²) in [6, 6.07) is 3.88. The molecule has 6 heteroatoms. The number of aryl methyl sites for hydroxylation is 2. The molecule has 0 unspecified atom stereocenters. The monoisotopic (exact) mass is 290 g/mol. The van der Waals surface area contributed by atoms with Gasteiger partial charge in [0.2, 0.25) is 5.91 Å². The van der Waals surface area contributed by atoms with Gasteiger partial charge in [-0.2, -0.15) is 0 Å². The maximum atomic E-state index is 11.8. The first-order valence-corrected chi connectivity index (χ1v) is 6.81. The highest BCUT2D eigenvalue weighted by Gasteiger charge is 2.13. The van der Waals surface area contributed by atoms with Crippen LogP contribution in [0.1, 0.15) is 29.7 Å². The van der Waals surface area contributed by atoms with Crippen LogP contribution in [0.15, 0.2) is 16.7 Å². The summed E-state index contributed by atoms with van der Waals surface area (Å²) in [6.07, 6.45) is 0.590. The Morgan fingerprint density at radius 2 is 2.00 bits per heavy atom. The molecule has 0 atom stereocenters. The Hall–Kier alpha value is -2.37. The molecule has 0 bridgehead atoms. The van der Waals surface area contributed by atoms with Crippen molar-refractivity contribution in [3.05, 3.63) is 29.0 Å². The number of aromatic nitrogens is 1. The predicted octanol–water partition coefficient (Wildman–Crippen LogP) is 1.97. The molecule has 21 heavy (non-hydrogen) atoms. The molecule has 2 N–H and O–H groups in total. The topological polar surface area (TPSA) is 92.4 Å². The number of nitrogens with zero attached hydrogens (tertiary/aromatic N) is 1. The van der Waals surface area contributed by atoms with Gasteiger partial charge in [0, 0.05) is 18.4 Å². The minimum Gasteiger partial charge on any atom is -0.481 e. The van der Waals surface area contributed by atoms with E-state index in [9.17, 15) is 9.59 Å². The van der Waals surface area contributed by atoms with Crippen molar-refractivity contribution in [3.8, 4) is 0 Å². The average Bonchev–Trinajstić information content (AvgIpc) is 2.78. The Bertz CT molecular complexity index is 676. The quantitative estimate of drug-likeness (QED) is 0.793. The van der Waals surface area contributed by atoms with E-state index < -0.39 is 5.97 Å². The summed E-state index contributed by atoms with van der Waals surface area (Å²) in [4.78, 5) is 22.2. The number of rotatable bonds is 6. The summed E-state index contributed by atoms with van der Waals surface area (Å²) < 4.78 is 5.24. The van der Waals surface area contributed by atoms with E-state index in [0.717, 1.165) is 16.5 Å². The van der Waals surface area contributed by atoms with Gasteiger partial charge >= 0.3 is 5.97 Å². The van der Waals surface area contributed by atoms with Crippen molar-refractivity contribution in [2.24, 2.45) is 0 Å². The van der Waals surface area contributed by atoms with E-state index in [0.29, 0.717) is 24.2 Å². The number of benzene rings is 1. The highest BCUT2D eigenvalue weighted by atomic mass is 16.5. The number of carboxylic acid groups (broad SMARTS) is 1. The number of fused-ring (bicyclic) bond motifs is 1. The van der Waals surface area contributed by atoms with Crippen molar-refractivity contribution in [1.29, 1.82) is 0 Å². The van der Waals surface area contributed by atoms with Crippen LogP contribution in [0.3, 0.4) is 0 Å². The van der Waals surface area contributed by atoms with Gasteiger partial charge in [-0.15, -0.1) is 0 Å². The standard InChI is InChI=1S/C15H18N2O4/c1-9-6-11-12(17-21-13(11)7-10(9)2)8-14(18)16-5-3-4-15(19)20/h6-7H,3-5,8H2,1-2H3,(H,16,18)(H,19,20). The number of aliphatic carboxylic acids is 1. The first-order valence-electron chi connectivity index (χ1n) is 6.81. The van der Waals surface area contributed by atoms with E-state index in [1.165, 1.54) is 0 Å². The Labute approximate surface area is 122 Å². The summed E-state index contributed by atoms with van der Waals surface area (Å²) in [7, 11) is 0. The van der Waals surface area contributed by atoms with Gasteiger partial charge < -0.3 is 14.9 Å².